The number of benzene rings is 1. The van der Waals surface area contributed by atoms with E-state index in [1.807, 2.05) is 48.6 Å². The maximum atomic E-state index is 13.0. The van der Waals surface area contributed by atoms with Crippen LogP contribution in [0.1, 0.15) is 46.8 Å². The molecule has 0 bridgehead atoms. The molecule has 2 heterocycles. The second kappa shape index (κ2) is 9.65. The van der Waals surface area contributed by atoms with E-state index in [9.17, 15) is 4.79 Å². The summed E-state index contributed by atoms with van der Waals surface area (Å²) >= 11 is 0. The van der Waals surface area contributed by atoms with Crippen molar-refractivity contribution in [3.05, 3.63) is 59.4 Å². The lowest BCUT2D eigenvalue weighted by atomic mass is 10.0. The molecule has 29 heavy (non-hydrogen) atoms. The third-order valence-electron chi connectivity index (χ3n) is 5.88. The lowest BCUT2D eigenvalue weighted by Gasteiger charge is -2.38. The number of fused-ring (bicyclic) bond motifs is 1. The largest absolute Gasteiger partial charge is 0.371 e. The number of nitrogens with zero attached hydrogens (tertiary/aromatic N) is 4. The summed E-state index contributed by atoms with van der Waals surface area (Å²) in [6.45, 7) is 5.03. The molecule has 1 atom stereocenters. The van der Waals surface area contributed by atoms with E-state index in [4.69, 9.17) is 5.73 Å². The lowest BCUT2D eigenvalue weighted by molar-refractivity contribution is 0.0709. The van der Waals surface area contributed by atoms with Gasteiger partial charge in [-0.05, 0) is 67.8 Å². The minimum Gasteiger partial charge on any atom is -0.371 e. The van der Waals surface area contributed by atoms with Gasteiger partial charge in [-0.3, -0.25) is 9.78 Å². The Bertz CT molecular complexity index is 830. The first-order valence-electron chi connectivity index (χ1n) is 10.2. The molecule has 6 heteroatoms. The SMILES string of the molecule is C=NC.CN(C(=O)c1ccc2c(c1)C(N)CC2)C1CCN(c2ccncc2)CC1. The highest BCUT2D eigenvalue weighted by molar-refractivity contribution is 5.94. The maximum absolute atomic E-state index is 13.0. The fourth-order valence-electron chi connectivity index (χ4n) is 4.20. The fraction of sp³-hybridized carbons (Fsp3) is 0.435. The predicted octanol–water partition coefficient (Wildman–Crippen LogP) is 3.09. The second-order valence-electron chi connectivity index (χ2n) is 7.71. The summed E-state index contributed by atoms with van der Waals surface area (Å²) in [6.07, 6.45) is 7.62. The molecule has 2 aromatic rings. The number of aromatic nitrogens is 1. The van der Waals surface area contributed by atoms with E-state index >= 15 is 0 Å². The molecule has 1 saturated heterocycles. The molecular formula is C23H31N5O. The van der Waals surface area contributed by atoms with Crippen LogP contribution in [0.3, 0.4) is 0 Å². The first kappa shape index (κ1) is 21.0. The lowest BCUT2D eigenvalue weighted by Crippen LogP contribution is -2.45. The van der Waals surface area contributed by atoms with Crippen LogP contribution in [0.2, 0.25) is 0 Å². The van der Waals surface area contributed by atoms with Gasteiger partial charge in [-0.2, -0.15) is 0 Å². The van der Waals surface area contributed by atoms with Crippen LogP contribution in [0.5, 0.6) is 0 Å². The van der Waals surface area contributed by atoms with Crippen molar-refractivity contribution in [2.45, 2.75) is 37.8 Å². The molecular weight excluding hydrogens is 362 g/mol. The number of piperidine rings is 1. The average molecular weight is 394 g/mol. The van der Waals surface area contributed by atoms with Crippen LogP contribution in [-0.2, 0) is 6.42 Å². The Morgan fingerprint density at radius 2 is 1.86 bits per heavy atom. The number of hydrogen-bond donors (Lipinski definition) is 1. The predicted molar refractivity (Wildman–Crippen MR) is 119 cm³/mol. The Morgan fingerprint density at radius 1 is 1.21 bits per heavy atom. The highest BCUT2D eigenvalue weighted by Gasteiger charge is 2.27. The van der Waals surface area contributed by atoms with Gasteiger partial charge >= 0.3 is 0 Å². The van der Waals surface area contributed by atoms with Crippen LogP contribution in [0.4, 0.5) is 5.69 Å². The van der Waals surface area contributed by atoms with Crippen molar-refractivity contribution < 1.29 is 4.79 Å². The number of amides is 1. The molecule has 1 amide bonds. The smallest absolute Gasteiger partial charge is 0.253 e. The maximum Gasteiger partial charge on any atom is 0.253 e. The minimum atomic E-state index is 0.0756. The van der Waals surface area contributed by atoms with Crippen LogP contribution in [0.15, 0.2) is 47.7 Å². The van der Waals surface area contributed by atoms with Crippen LogP contribution in [0, 0.1) is 0 Å². The molecule has 0 saturated carbocycles. The molecule has 4 rings (SSSR count). The van der Waals surface area contributed by atoms with Crippen molar-refractivity contribution in [3.8, 4) is 0 Å². The second-order valence-corrected chi connectivity index (χ2v) is 7.71. The number of pyridine rings is 1. The van der Waals surface area contributed by atoms with E-state index in [0.717, 1.165) is 49.9 Å². The Kier molecular flexibility index (Phi) is 6.99. The fourth-order valence-corrected chi connectivity index (χ4v) is 4.20. The molecule has 6 nitrogen and oxygen atoms in total. The number of aryl methyl sites for hydroxylation is 1. The monoisotopic (exact) mass is 393 g/mol. The first-order chi connectivity index (χ1) is 14.0. The summed E-state index contributed by atoms with van der Waals surface area (Å²) in [7, 11) is 3.57. The summed E-state index contributed by atoms with van der Waals surface area (Å²) < 4.78 is 0. The van der Waals surface area contributed by atoms with Crippen molar-refractivity contribution in [1.29, 1.82) is 0 Å². The molecule has 1 aromatic heterocycles. The van der Waals surface area contributed by atoms with Gasteiger partial charge in [-0.1, -0.05) is 6.07 Å². The first-order valence-corrected chi connectivity index (χ1v) is 10.2. The molecule has 0 radical (unpaired) electrons. The van der Waals surface area contributed by atoms with Crippen molar-refractivity contribution in [2.24, 2.45) is 10.7 Å². The minimum absolute atomic E-state index is 0.0756. The van der Waals surface area contributed by atoms with Gasteiger partial charge in [0, 0.05) is 62.9 Å². The Hall–Kier alpha value is -2.73. The zero-order valence-corrected chi connectivity index (χ0v) is 17.4. The van der Waals surface area contributed by atoms with Gasteiger partial charge in [0.05, 0.1) is 0 Å². The van der Waals surface area contributed by atoms with E-state index in [2.05, 4.69) is 27.7 Å². The Balaban J connectivity index is 0.000000755. The third-order valence-corrected chi connectivity index (χ3v) is 5.88. The van der Waals surface area contributed by atoms with E-state index in [-0.39, 0.29) is 18.0 Å². The Morgan fingerprint density at radius 3 is 2.52 bits per heavy atom. The van der Waals surface area contributed by atoms with E-state index in [1.165, 1.54) is 11.3 Å². The number of carbonyl (C=O) groups is 1. The van der Waals surface area contributed by atoms with Crippen molar-refractivity contribution in [1.82, 2.24) is 9.88 Å². The summed E-state index contributed by atoms with van der Waals surface area (Å²) in [5.74, 6) is 0.106. The normalized spacial score (nSPS) is 18.4. The number of carbonyl (C=O) groups excluding carboxylic acids is 1. The van der Waals surface area contributed by atoms with E-state index in [1.54, 1.807) is 7.05 Å². The number of nitrogens with two attached hydrogens (primary N) is 1. The number of rotatable bonds is 3. The molecule has 1 fully saturated rings. The summed E-state index contributed by atoms with van der Waals surface area (Å²) in [6, 6.07) is 10.5. The van der Waals surface area contributed by atoms with Crippen LogP contribution in [0.25, 0.3) is 0 Å². The molecule has 1 aliphatic heterocycles. The van der Waals surface area contributed by atoms with Crippen LogP contribution >= 0.6 is 0 Å². The molecule has 154 valence electrons. The standard InChI is InChI=1S/C21H26N4O.C2H5N/c1-24(17-8-12-25(13-9-17)18-6-10-23-11-7-18)21(26)16-3-2-15-4-5-20(22)19(15)14-16;1-3-2/h2-3,6-7,10-11,14,17,20H,4-5,8-9,12-13,22H2,1H3;1H2,2H3. The topological polar surface area (TPSA) is 74.8 Å². The molecule has 0 spiro atoms. The summed E-state index contributed by atoms with van der Waals surface area (Å²) in [5, 5.41) is 0. The third kappa shape index (κ3) is 4.82. The zero-order valence-electron chi connectivity index (χ0n) is 17.4. The van der Waals surface area contributed by atoms with Gasteiger partial charge < -0.3 is 20.5 Å². The van der Waals surface area contributed by atoms with Gasteiger partial charge in [-0.15, -0.1) is 0 Å². The number of aliphatic imine (C=N–C) groups is 1. The number of hydrogen-bond acceptors (Lipinski definition) is 5. The van der Waals surface area contributed by atoms with Gasteiger partial charge in [0.1, 0.15) is 0 Å². The number of anilines is 1. The molecule has 1 unspecified atom stereocenters. The van der Waals surface area contributed by atoms with Gasteiger partial charge in [0.15, 0.2) is 0 Å². The molecule has 1 aromatic carbocycles. The summed E-state index contributed by atoms with van der Waals surface area (Å²) in [4.78, 5) is 24.6. The van der Waals surface area contributed by atoms with Gasteiger partial charge in [0.25, 0.3) is 5.91 Å². The highest BCUT2D eigenvalue weighted by Crippen LogP contribution is 2.30. The average Bonchev–Trinajstić information content (AvgIpc) is 3.14. The Labute approximate surface area is 173 Å². The highest BCUT2D eigenvalue weighted by atomic mass is 16.2. The van der Waals surface area contributed by atoms with Crippen molar-refractivity contribution >= 4 is 18.3 Å². The van der Waals surface area contributed by atoms with Crippen LogP contribution in [-0.4, -0.2) is 55.7 Å². The van der Waals surface area contributed by atoms with E-state index < -0.39 is 0 Å². The van der Waals surface area contributed by atoms with Gasteiger partial charge in [-0.25, -0.2) is 0 Å². The van der Waals surface area contributed by atoms with Crippen LogP contribution < -0.4 is 10.6 Å². The van der Waals surface area contributed by atoms with Crippen molar-refractivity contribution in [3.63, 3.8) is 0 Å². The zero-order chi connectivity index (χ0) is 20.8. The molecule has 2 aliphatic rings. The molecule has 1 aliphatic carbocycles. The summed E-state index contributed by atoms with van der Waals surface area (Å²) in [5.41, 5.74) is 10.6. The van der Waals surface area contributed by atoms with Gasteiger partial charge in [0.2, 0.25) is 0 Å². The van der Waals surface area contributed by atoms with Crippen molar-refractivity contribution in [2.75, 3.05) is 32.1 Å². The molecule has 2 N–H and O–H groups in total. The van der Waals surface area contributed by atoms with E-state index in [0.29, 0.717) is 0 Å². The quantitative estimate of drug-likeness (QED) is 0.813.